The zero-order valence-electron chi connectivity index (χ0n) is 9.48. The average molecular weight is 226 g/mol. The summed E-state index contributed by atoms with van der Waals surface area (Å²) >= 11 is 0. The predicted molar refractivity (Wildman–Crippen MR) is 60.0 cm³/mol. The first-order valence-electron chi connectivity index (χ1n) is 5.45. The number of carboxylic acids is 1. The first kappa shape index (κ1) is 12.7. The summed E-state index contributed by atoms with van der Waals surface area (Å²) in [7, 11) is 2.09. The van der Waals surface area contributed by atoms with Crippen molar-refractivity contribution >= 4 is 11.9 Å². The van der Waals surface area contributed by atoms with Gasteiger partial charge in [0.05, 0.1) is 0 Å². The Hall–Kier alpha value is -1.36. The second-order valence-electron chi connectivity index (χ2n) is 4.17. The van der Waals surface area contributed by atoms with Gasteiger partial charge in [-0.15, -0.1) is 0 Å². The molecule has 1 heterocycles. The van der Waals surface area contributed by atoms with E-state index in [4.69, 9.17) is 5.11 Å². The topological polar surface area (TPSA) is 69.6 Å². The van der Waals surface area contributed by atoms with E-state index >= 15 is 0 Å². The molecule has 0 spiro atoms. The van der Waals surface area contributed by atoms with Crippen molar-refractivity contribution in [3.8, 4) is 0 Å². The predicted octanol–water partition coefficient (Wildman–Crippen LogP) is 0.0852. The van der Waals surface area contributed by atoms with Crippen LogP contribution in [0, 0.1) is 5.92 Å². The molecular formula is C11H18N2O3. The second-order valence-corrected chi connectivity index (χ2v) is 4.17. The number of hydrogen-bond donors (Lipinski definition) is 2. The lowest BCUT2D eigenvalue weighted by Gasteiger charge is -2.10. The lowest BCUT2D eigenvalue weighted by atomic mass is 10.1. The summed E-state index contributed by atoms with van der Waals surface area (Å²) in [6, 6.07) is 0. The highest BCUT2D eigenvalue weighted by atomic mass is 16.4. The summed E-state index contributed by atoms with van der Waals surface area (Å²) in [4.78, 5) is 23.5. The Morgan fingerprint density at radius 1 is 1.50 bits per heavy atom. The van der Waals surface area contributed by atoms with Crippen LogP contribution in [0.5, 0.6) is 0 Å². The summed E-state index contributed by atoms with van der Waals surface area (Å²) in [5.74, 6) is -0.796. The molecule has 1 rings (SSSR count). The Balaban J connectivity index is 2.11. The van der Waals surface area contributed by atoms with Crippen LogP contribution in [-0.2, 0) is 9.59 Å². The molecule has 1 saturated heterocycles. The van der Waals surface area contributed by atoms with Crippen molar-refractivity contribution in [2.75, 3.05) is 26.7 Å². The van der Waals surface area contributed by atoms with Crippen LogP contribution in [0.1, 0.15) is 12.8 Å². The number of hydrogen-bond acceptors (Lipinski definition) is 3. The van der Waals surface area contributed by atoms with Crippen LogP contribution in [0.15, 0.2) is 12.2 Å². The van der Waals surface area contributed by atoms with E-state index in [2.05, 4.69) is 17.3 Å². The van der Waals surface area contributed by atoms with Crippen LogP contribution in [-0.4, -0.2) is 48.6 Å². The number of nitrogens with zero attached hydrogens (tertiary/aromatic N) is 1. The lowest BCUT2D eigenvalue weighted by molar-refractivity contribution is -0.131. The molecule has 0 aromatic rings. The molecule has 0 radical (unpaired) electrons. The van der Waals surface area contributed by atoms with Crippen molar-refractivity contribution < 1.29 is 14.7 Å². The first-order chi connectivity index (χ1) is 7.58. The van der Waals surface area contributed by atoms with E-state index in [-0.39, 0.29) is 5.91 Å². The fourth-order valence-corrected chi connectivity index (χ4v) is 1.87. The minimum absolute atomic E-state index is 0.339. The van der Waals surface area contributed by atoms with Crippen molar-refractivity contribution in [1.82, 2.24) is 10.2 Å². The molecule has 1 aliphatic rings. The zero-order valence-corrected chi connectivity index (χ0v) is 9.48. The van der Waals surface area contributed by atoms with Crippen LogP contribution in [0.25, 0.3) is 0 Å². The minimum atomic E-state index is -1.10. The molecule has 1 atom stereocenters. The maximum atomic E-state index is 11.1. The highest BCUT2D eigenvalue weighted by Gasteiger charge is 2.18. The van der Waals surface area contributed by atoms with E-state index in [1.54, 1.807) is 0 Å². The molecule has 0 aromatic heterocycles. The van der Waals surface area contributed by atoms with Gasteiger partial charge in [-0.05, 0) is 32.4 Å². The molecule has 0 bridgehead atoms. The van der Waals surface area contributed by atoms with E-state index in [1.807, 2.05) is 0 Å². The normalized spacial score (nSPS) is 21.4. The van der Waals surface area contributed by atoms with E-state index in [0.29, 0.717) is 12.5 Å². The van der Waals surface area contributed by atoms with Gasteiger partial charge in [0.2, 0.25) is 5.91 Å². The van der Waals surface area contributed by atoms with Crippen LogP contribution < -0.4 is 5.32 Å². The van der Waals surface area contributed by atoms with Gasteiger partial charge >= 0.3 is 5.97 Å². The third kappa shape index (κ3) is 4.93. The summed E-state index contributed by atoms with van der Waals surface area (Å²) < 4.78 is 0. The smallest absolute Gasteiger partial charge is 0.328 e. The SMILES string of the molecule is CN1CCC(CCNC(=O)/C=C/C(=O)O)C1. The lowest BCUT2D eigenvalue weighted by Crippen LogP contribution is -2.25. The first-order valence-corrected chi connectivity index (χ1v) is 5.45. The summed E-state index contributed by atoms with van der Waals surface area (Å²) in [6.45, 7) is 2.82. The third-order valence-corrected chi connectivity index (χ3v) is 2.72. The number of carbonyl (C=O) groups excluding carboxylic acids is 1. The largest absolute Gasteiger partial charge is 0.478 e. The van der Waals surface area contributed by atoms with Gasteiger partial charge in [0.25, 0.3) is 0 Å². The number of carbonyl (C=O) groups is 2. The number of rotatable bonds is 5. The molecule has 2 N–H and O–H groups in total. The summed E-state index contributed by atoms with van der Waals surface area (Å²) in [5, 5.41) is 11.0. The van der Waals surface area contributed by atoms with Gasteiger partial charge in [0.15, 0.2) is 0 Å². The number of carboxylic acid groups (broad SMARTS) is 1. The van der Waals surface area contributed by atoms with Crippen molar-refractivity contribution in [2.24, 2.45) is 5.92 Å². The molecule has 1 aliphatic heterocycles. The highest BCUT2D eigenvalue weighted by Crippen LogP contribution is 2.16. The molecule has 5 heteroatoms. The maximum absolute atomic E-state index is 11.1. The Morgan fingerprint density at radius 3 is 2.81 bits per heavy atom. The van der Waals surface area contributed by atoms with Gasteiger partial charge in [-0.1, -0.05) is 0 Å². The van der Waals surface area contributed by atoms with Crippen molar-refractivity contribution in [3.63, 3.8) is 0 Å². The fourth-order valence-electron chi connectivity index (χ4n) is 1.87. The van der Waals surface area contributed by atoms with Gasteiger partial charge in [-0.2, -0.15) is 0 Å². The molecule has 0 aromatic carbocycles. The highest BCUT2D eigenvalue weighted by molar-refractivity contribution is 5.93. The molecule has 1 fully saturated rings. The van der Waals surface area contributed by atoms with Crippen molar-refractivity contribution in [3.05, 3.63) is 12.2 Å². The minimum Gasteiger partial charge on any atom is -0.478 e. The van der Waals surface area contributed by atoms with Gasteiger partial charge < -0.3 is 15.3 Å². The standard InChI is InChI=1S/C11H18N2O3/c1-13-7-5-9(8-13)4-6-12-10(14)2-3-11(15)16/h2-3,9H,4-8H2,1H3,(H,12,14)(H,15,16)/b3-2+. The fraction of sp³-hybridized carbons (Fsp3) is 0.636. The second kappa shape index (κ2) is 6.27. The number of amides is 1. The molecule has 90 valence electrons. The van der Waals surface area contributed by atoms with Crippen LogP contribution in [0.4, 0.5) is 0 Å². The molecule has 5 nitrogen and oxygen atoms in total. The zero-order chi connectivity index (χ0) is 12.0. The van der Waals surface area contributed by atoms with E-state index in [0.717, 1.165) is 31.7 Å². The summed E-state index contributed by atoms with van der Waals surface area (Å²) in [5.41, 5.74) is 0. The van der Waals surface area contributed by atoms with Crippen LogP contribution in [0.3, 0.4) is 0 Å². The van der Waals surface area contributed by atoms with E-state index < -0.39 is 5.97 Å². The number of aliphatic carboxylic acids is 1. The van der Waals surface area contributed by atoms with Crippen LogP contribution in [0.2, 0.25) is 0 Å². The summed E-state index contributed by atoms with van der Waals surface area (Å²) in [6.07, 6.45) is 4.02. The maximum Gasteiger partial charge on any atom is 0.328 e. The molecule has 0 saturated carbocycles. The number of nitrogens with one attached hydrogen (secondary N) is 1. The molecule has 16 heavy (non-hydrogen) atoms. The molecule has 0 aliphatic carbocycles. The Labute approximate surface area is 95.1 Å². The molecule has 1 unspecified atom stereocenters. The van der Waals surface area contributed by atoms with E-state index in [9.17, 15) is 9.59 Å². The van der Waals surface area contributed by atoms with Crippen molar-refractivity contribution in [2.45, 2.75) is 12.8 Å². The van der Waals surface area contributed by atoms with Gasteiger partial charge in [-0.3, -0.25) is 4.79 Å². The van der Waals surface area contributed by atoms with Gasteiger partial charge in [0, 0.05) is 25.2 Å². The van der Waals surface area contributed by atoms with E-state index in [1.165, 1.54) is 6.42 Å². The van der Waals surface area contributed by atoms with Crippen molar-refractivity contribution in [1.29, 1.82) is 0 Å². The third-order valence-electron chi connectivity index (χ3n) is 2.72. The van der Waals surface area contributed by atoms with Gasteiger partial charge in [0.1, 0.15) is 0 Å². The monoisotopic (exact) mass is 226 g/mol. The Bertz CT molecular complexity index is 289. The van der Waals surface area contributed by atoms with Crippen LogP contribution >= 0.6 is 0 Å². The number of likely N-dealkylation sites (tertiary alicyclic amines) is 1. The molecular weight excluding hydrogens is 208 g/mol. The Kier molecular flexibility index (Phi) is 4.98. The average Bonchev–Trinajstić information content (AvgIpc) is 2.61. The van der Waals surface area contributed by atoms with Gasteiger partial charge in [-0.25, -0.2) is 4.79 Å². The quantitative estimate of drug-likeness (QED) is 0.652. The Morgan fingerprint density at radius 2 is 2.25 bits per heavy atom. The molecule has 1 amide bonds.